The minimum absolute atomic E-state index is 0. The molecule has 58 N–H and O–H groups in total. The molecule has 1 rings (SSSR count). The van der Waals surface area contributed by atoms with Gasteiger partial charge in [-0.15, -0.1) is 0 Å². The molecule has 1 aliphatic rings. The Kier molecular flexibility index (Phi) is 2570. The third kappa shape index (κ3) is 231. The quantitative estimate of drug-likeness (QED) is 0.244. The maximum absolute atomic E-state index is 10.4. The maximum Gasteiger partial charge on any atom is 0.956 e. The second-order valence-corrected chi connectivity index (χ2v) is 6.78. The Morgan fingerprint density at radius 2 is 0.522 bits per heavy atom. The van der Waals surface area contributed by atoms with Crippen LogP contribution in [0.15, 0.2) is 0 Å². The molecule has 46 heavy (non-hydrogen) atoms. The fourth-order valence-corrected chi connectivity index (χ4v) is 4.14. The topological polar surface area (TPSA) is 1020 Å². The normalized spacial score (nSPS) is 5.70. The predicted octanol–water partition coefficient (Wildman–Crippen LogP) is -28.2. The minimum atomic E-state index is -4.22. The molecule has 0 aromatic carbocycles. The average Bonchev–Trinajstić information content (AvgIpc) is 1.83. The molecule has 0 aliphatic carbocycles. The second kappa shape index (κ2) is 223. The first-order valence-corrected chi connectivity index (χ1v) is 6.83. The second-order valence-electron chi connectivity index (χ2n) is 1.49. The Morgan fingerprint density at radius 3 is 0.609 bits per heavy atom. The zero-order chi connectivity index (χ0) is 9.41. The Labute approximate surface area is 325 Å². The van der Waals surface area contributed by atoms with Crippen LogP contribution in [0.1, 0.15) is 0 Å². The summed E-state index contributed by atoms with van der Waals surface area (Å²) < 4.78 is 56.8. The van der Waals surface area contributed by atoms with Gasteiger partial charge in [0.15, 0.2) is 0 Å². The SMILES string of the molecule is O.O.O.O.O.O.O.O.O.O.O.O.O.O.O.O.O.O.O.O.O.O.O.O.O.O.O.O.O.O=S(=O)([O][Al])[O][Al]1[O]S(=O)(=O)[O]1.[Al].[Al].[Al].[Al].[Al]. The van der Waals surface area contributed by atoms with Crippen molar-refractivity contribution in [3.05, 3.63) is 0 Å². The summed E-state index contributed by atoms with van der Waals surface area (Å²) in [5.74, 6) is 0. The summed E-state index contributed by atoms with van der Waals surface area (Å²) in [6.45, 7) is 0. The summed E-state index contributed by atoms with van der Waals surface area (Å²) in [6, 6.07) is 0. The van der Waals surface area contributed by atoms with Gasteiger partial charge in [0, 0.05) is 86.8 Å². The highest BCUT2D eigenvalue weighted by Gasteiger charge is 2.55. The molecule has 0 unspecified atom stereocenters. The predicted molar refractivity (Wildman–Crippen MR) is 167 cm³/mol. The van der Waals surface area contributed by atoms with Gasteiger partial charge >= 0.3 is 52.6 Å². The molecule has 0 aromatic heterocycles. The number of hydrogen-bond acceptors (Lipinski definition) is 8. The lowest BCUT2D eigenvalue weighted by atomic mass is 15.6. The first kappa shape index (κ1) is 528. The first-order valence-electron chi connectivity index (χ1n) is 2.28. The molecule has 17 radical (unpaired) electrons. The van der Waals surface area contributed by atoms with E-state index >= 15 is 0 Å². The van der Waals surface area contributed by atoms with Crippen LogP contribution >= 0.6 is 0 Å². The van der Waals surface area contributed by atoms with E-state index in [1.54, 1.807) is 0 Å². The third-order valence-corrected chi connectivity index (χ3v) is 6.36. The lowest BCUT2D eigenvalue weighted by molar-refractivity contribution is 0.211. The van der Waals surface area contributed by atoms with Gasteiger partial charge in [-0.1, -0.05) is 0 Å². The van der Waals surface area contributed by atoms with E-state index in [2.05, 4.69) is 12.9 Å². The molecular formula is H58Al7O37S2. The highest BCUT2D eigenvalue weighted by atomic mass is 32.3. The third-order valence-electron chi connectivity index (χ3n) is 0.707. The van der Waals surface area contributed by atoms with Crippen molar-refractivity contribution in [3.8, 4) is 0 Å². The van der Waals surface area contributed by atoms with Crippen molar-refractivity contribution in [2.24, 2.45) is 0 Å². The van der Waals surface area contributed by atoms with Crippen LogP contribution in [0.3, 0.4) is 0 Å². The molecule has 0 amide bonds. The molecule has 1 saturated heterocycles. The number of hydrogen-bond donors (Lipinski definition) is 0. The smallest absolute Gasteiger partial charge is 0.412 e. The van der Waals surface area contributed by atoms with Crippen molar-refractivity contribution in [1.29, 1.82) is 0 Å². The van der Waals surface area contributed by atoms with E-state index in [0.717, 1.165) is 0 Å². The fraction of sp³-hybridized carbons (Fsp3) is 0. The Hall–Kier alpha value is 2.31. The zero-order valence-electron chi connectivity index (χ0n) is 22.6. The van der Waals surface area contributed by atoms with Gasteiger partial charge in [0.2, 0.25) is 0 Å². The summed E-state index contributed by atoms with van der Waals surface area (Å²) in [5.41, 5.74) is 0. The van der Waals surface area contributed by atoms with E-state index in [-0.39, 0.29) is 246 Å². The zero-order valence-corrected chi connectivity index (χ0v) is 32.3. The average molecular weight is 903 g/mol. The van der Waals surface area contributed by atoms with Crippen LogP contribution in [0.4, 0.5) is 0 Å². The van der Waals surface area contributed by atoms with E-state index in [1.807, 2.05) is 0 Å². The molecule has 37 nitrogen and oxygen atoms in total. The molecule has 0 saturated carbocycles. The molecule has 1 aliphatic heterocycles. The van der Waals surface area contributed by atoms with Gasteiger partial charge in [-0.05, 0) is 0 Å². The fourth-order valence-electron chi connectivity index (χ4n) is 0.351. The van der Waals surface area contributed by atoms with Gasteiger partial charge in [0.05, 0.1) is 0 Å². The highest BCUT2D eigenvalue weighted by molar-refractivity contribution is 7.87. The van der Waals surface area contributed by atoms with Crippen molar-refractivity contribution >= 4 is 139 Å². The lowest BCUT2D eigenvalue weighted by Crippen LogP contribution is -2.44. The summed E-state index contributed by atoms with van der Waals surface area (Å²) in [7, 11) is -8.22. The van der Waals surface area contributed by atoms with E-state index in [4.69, 9.17) is 0 Å². The van der Waals surface area contributed by atoms with Gasteiger partial charge in [-0.25, -0.2) is 0 Å². The van der Waals surface area contributed by atoms with Crippen LogP contribution in [-0.4, -0.2) is 294 Å². The molecule has 46 heteroatoms. The Bertz CT molecular complexity index is 361. The van der Waals surface area contributed by atoms with Crippen LogP contribution in [0, 0.1) is 0 Å². The van der Waals surface area contributed by atoms with E-state index in [9.17, 15) is 16.8 Å². The largest absolute Gasteiger partial charge is 0.956 e. The van der Waals surface area contributed by atoms with Crippen molar-refractivity contribution in [2.75, 3.05) is 0 Å². The Morgan fingerprint density at radius 1 is 0.391 bits per heavy atom. The van der Waals surface area contributed by atoms with Crippen LogP contribution in [0.25, 0.3) is 0 Å². The molecule has 0 spiro atoms. The van der Waals surface area contributed by atoms with Gasteiger partial charge < -0.3 is 172 Å². The molecule has 0 bridgehead atoms. The van der Waals surface area contributed by atoms with E-state index in [1.165, 1.54) is 16.6 Å². The molecule has 0 aromatic rings. The molecule has 313 valence electrons. The maximum atomic E-state index is 10.4. The monoisotopic (exact) mass is 903 g/mol. The van der Waals surface area contributed by atoms with Crippen LogP contribution in [0.2, 0.25) is 0 Å². The summed E-state index contributed by atoms with van der Waals surface area (Å²) in [6.07, 6.45) is 0. The van der Waals surface area contributed by atoms with Crippen LogP contribution in [-0.2, 0) is 33.7 Å². The summed E-state index contributed by atoms with van der Waals surface area (Å²) in [5, 5.41) is 0. The molecule has 1 heterocycles. The van der Waals surface area contributed by atoms with Crippen molar-refractivity contribution < 1.29 is 189 Å². The summed E-state index contributed by atoms with van der Waals surface area (Å²) >= 11 is -1.66. The lowest BCUT2D eigenvalue weighted by Gasteiger charge is -2.19. The van der Waals surface area contributed by atoms with E-state index in [0.29, 0.717) is 0 Å². The standard InChI is InChI=1S/7Al.2H2O4S.29H2O/c;;;;;;;2*1-5(2,3)4;;;;;;;;;;;;;;;;;;;;;;;;;;;;;/h;;;;;;;2*(H2,1,2,3,4);29*1H2/q;;;;;+1;+3;;;;;;;;;;;;;;;;;;;;;;;;;;;;;;;/p-4. The van der Waals surface area contributed by atoms with Crippen LogP contribution in [0.5, 0.6) is 0 Å². The molecule has 1 fully saturated rings. The van der Waals surface area contributed by atoms with Crippen molar-refractivity contribution in [3.63, 3.8) is 0 Å². The van der Waals surface area contributed by atoms with Crippen molar-refractivity contribution in [1.82, 2.24) is 0 Å². The highest BCUT2D eigenvalue weighted by Crippen LogP contribution is 2.17. The first-order chi connectivity index (χ1) is 5.35. The molecule has 0 atom stereocenters. The van der Waals surface area contributed by atoms with Crippen LogP contribution < -0.4 is 0 Å². The minimum Gasteiger partial charge on any atom is -0.412 e. The summed E-state index contributed by atoms with van der Waals surface area (Å²) in [4.78, 5) is 0. The van der Waals surface area contributed by atoms with Gasteiger partial charge in [0.25, 0.3) is 0 Å². The Balaban J connectivity index is -0.00000000132. The van der Waals surface area contributed by atoms with Crippen molar-refractivity contribution in [2.45, 2.75) is 0 Å². The van der Waals surface area contributed by atoms with Gasteiger partial charge in [-0.2, -0.15) is 16.8 Å². The number of rotatable bonds is 3. The van der Waals surface area contributed by atoms with Gasteiger partial charge in [-0.3, -0.25) is 0 Å². The van der Waals surface area contributed by atoms with E-state index < -0.39 is 35.9 Å². The molecular weight excluding hydrogens is 845 g/mol. The van der Waals surface area contributed by atoms with Gasteiger partial charge in [0.1, 0.15) is 0 Å².